The molecule has 0 fully saturated rings. The second kappa shape index (κ2) is 4.25. The SMILES string of the molecule is CC(C)(O)COc1cc2c(cc1C=O)OCO2. The maximum Gasteiger partial charge on any atom is 0.231 e. The van der Waals surface area contributed by atoms with Gasteiger partial charge in [-0.1, -0.05) is 0 Å². The van der Waals surface area contributed by atoms with Crippen molar-refractivity contribution in [1.82, 2.24) is 0 Å². The van der Waals surface area contributed by atoms with Gasteiger partial charge in [0.2, 0.25) is 6.79 Å². The smallest absolute Gasteiger partial charge is 0.231 e. The summed E-state index contributed by atoms with van der Waals surface area (Å²) in [4.78, 5) is 10.9. The fourth-order valence-electron chi connectivity index (χ4n) is 1.41. The Hall–Kier alpha value is -1.75. The highest BCUT2D eigenvalue weighted by molar-refractivity contribution is 5.81. The summed E-state index contributed by atoms with van der Waals surface area (Å²) in [6.07, 6.45) is 0.682. The minimum atomic E-state index is -0.962. The highest BCUT2D eigenvalue weighted by atomic mass is 16.7. The van der Waals surface area contributed by atoms with Gasteiger partial charge in [0.25, 0.3) is 0 Å². The van der Waals surface area contributed by atoms with E-state index in [1.165, 1.54) is 0 Å². The van der Waals surface area contributed by atoms with E-state index < -0.39 is 5.60 Å². The molecule has 0 unspecified atom stereocenters. The van der Waals surface area contributed by atoms with Crippen LogP contribution in [0.4, 0.5) is 0 Å². The van der Waals surface area contributed by atoms with Crippen LogP contribution in [0.1, 0.15) is 24.2 Å². The number of carbonyl (C=O) groups is 1. The normalized spacial score (nSPS) is 13.6. The first-order chi connectivity index (χ1) is 7.99. The summed E-state index contributed by atoms with van der Waals surface area (Å²) in [6.45, 7) is 3.48. The van der Waals surface area contributed by atoms with E-state index in [1.54, 1.807) is 26.0 Å². The van der Waals surface area contributed by atoms with E-state index in [-0.39, 0.29) is 13.4 Å². The minimum Gasteiger partial charge on any atom is -0.490 e. The Morgan fingerprint density at radius 1 is 1.41 bits per heavy atom. The van der Waals surface area contributed by atoms with Crippen LogP contribution in [0.15, 0.2) is 12.1 Å². The van der Waals surface area contributed by atoms with Gasteiger partial charge in [0.05, 0.1) is 11.2 Å². The molecule has 1 aliphatic heterocycles. The molecule has 1 N–H and O–H groups in total. The summed E-state index contributed by atoms with van der Waals surface area (Å²) in [5.41, 5.74) is -0.588. The molecule has 1 aromatic carbocycles. The van der Waals surface area contributed by atoms with Crippen LogP contribution in [0, 0.1) is 0 Å². The van der Waals surface area contributed by atoms with E-state index in [9.17, 15) is 9.90 Å². The van der Waals surface area contributed by atoms with E-state index in [0.29, 0.717) is 29.1 Å². The molecule has 1 heterocycles. The van der Waals surface area contributed by atoms with Crippen molar-refractivity contribution in [2.75, 3.05) is 13.4 Å². The summed E-state index contributed by atoms with van der Waals surface area (Å²) < 4.78 is 15.7. The third-order valence-electron chi connectivity index (χ3n) is 2.21. The Labute approximate surface area is 98.9 Å². The lowest BCUT2D eigenvalue weighted by Crippen LogP contribution is -2.28. The van der Waals surface area contributed by atoms with Gasteiger partial charge in [0.1, 0.15) is 12.4 Å². The molecule has 0 saturated carbocycles. The Morgan fingerprint density at radius 3 is 2.65 bits per heavy atom. The highest BCUT2D eigenvalue weighted by Crippen LogP contribution is 2.37. The monoisotopic (exact) mass is 238 g/mol. The third-order valence-corrected chi connectivity index (χ3v) is 2.21. The largest absolute Gasteiger partial charge is 0.490 e. The number of rotatable bonds is 4. The molecular weight excluding hydrogens is 224 g/mol. The van der Waals surface area contributed by atoms with Crippen molar-refractivity contribution < 1.29 is 24.1 Å². The lowest BCUT2D eigenvalue weighted by atomic mass is 10.1. The molecule has 0 spiro atoms. The average Bonchev–Trinajstić information content (AvgIpc) is 2.70. The summed E-state index contributed by atoms with van der Waals surface area (Å²) in [5, 5.41) is 9.57. The number of aliphatic hydroxyl groups is 1. The molecule has 2 rings (SSSR count). The molecule has 92 valence electrons. The van der Waals surface area contributed by atoms with E-state index in [0.717, 1.165) is 0 Å². The summed E-state index contributed by atoms with van der Waals surface area (Å²) >= 11 is 0. The zero-order valence-corrected chi connectivity index (χ0v) is 9.73. The van der Waals surface area contributed by atoms with Crippen LogP contribution in [-0.4, -0.2) is 30.4 Å². The van der Waals surface area contributed by atoms with E-state index in [4.69, 9.17) is 14.2 Å². The molecule has 0 aliphatic carbocycles. The van der Waals surface area contributed by atoms with Gasteiger partial charge in [-0.05, 0) is 19.9 Å². The van der Waals surface area contributed by atoms with Gasteiger partial charge in [-0.25, -0.2) is 0 Å². The summed E-state index contributed by atoms with van der Waals surface area (Å²) in [6, 6.07) is 3.16. The fourth-order valence-corrected chi connectivity index (χ4v) is 1.41. The number of hydrogen-bond acceptors (Lipinski definition) is 5. The van der Waals surface area contributed by atoms with E-state index in [1.807, 2.05) is 0 Å². The maximum absolute atomic E-state index is 10.9. The Kier molecular flexibility index (Phi) is 2.93. The molecule has 0 radical (unpaired) electrons. The Morgan fingerprint density at radius 2 is 2.06 bits per heavy atom. The van der Waals surface area contributed by atoms with Crippen LogP contribution >= 0.6 is 0 Å². The van der Waals surface area contributed by atoms with Gasteiger partial charge in [-0.3, -0.25) is 4.79 Å². The molecule has 0 atom stereocenters. The molecule has 0 saturated heterocycles. The summed E-state index contributed by atoms with van der Waals surface area (Å²) in [7, 11) is 0. The quantitative estimate of drug-likeness (QED) is 0.803. The third kappa shape index (κ3) is 2.68. The Bertz CT molecular complexity index is 433. The van der Waals surface area contributed by atoms with Gasteiger partial charge in [-0.15, -0.1) is 0 Å². The minimum absolute atomic E-state index is 0.0908. The molecule has 0 bridgehead atoms. The predicted molar refractivity (Wildman–Crippen MR) is 59.7 cm³/mol. The number of ether oxygens (including phenoxy) is 3. The van der Waals surface area contributed by atoms with Crippen molar-refractivity contribution in [2.45, 2.75) is 19.4 Å². The van der Waals surface area contributed by atoms with Crippen molar-refractivity contribution in [1.29, 1.82) is 0 Å². The second-order valence-corrected chi connectivity index (χ2v) is 4.46. The predicted octanol–water partition coefficient (Wildman–Crippen LogP) is 1.38. The lowest BCUT2D eigenvalue weighted by molar-refractivity contribution is 0.0281. The van der Waals surface area contributed by atoms with Crippen LogP contribution < -0.4 is 14.2 Å². The fraction of sp³-hybridized carbons (Fsp3) is 0.417. The average molecular weight is 238 g/mol. The van der Waals surface area contributed by atoms with Crippen LogP contribution in [0.5, 0.6) is 17.2 Å². The zero-order valence-electron chi connectivity index (χ0n) is 9.73. The standard InChI is InChI=1S/C12H14O5/c1-12(2,14)6-15-9-4-11-10(16-7-17-11)3-8(9)5-13/h3-5,14H,6-7H2,1-2H3. The van der Waals surface area contributed by atoms with Crippen molar-refractivity contribution in [3.63, 3.8) is 0 Å². The lowest BCUT2D eigenvalue weighted by Gasteiger charge is -2.18. The first kappa shape index (κ1) is 11.7. The molecule has 5 nitrogen and oxygen atoms in total. The van der Waals surface area contributed by atoms with E-state index in [2.05, 4.69) is 0 Å². The number of benzene rings is 1. The topological polar surface area (TPSA) is 65.0 Å². The van der Waals surface area contributed by atoms with Crippen molar-refractivity contribution in [3.8, 4) is 17.2 Å². The van der Waals surface area contributed by atoms with Crippen LogP contribution in [0.25, 0.3) is 0 Å². The van der Waals surface area contributed by atoms with Crippen LogP contribution in [0.3, 0.4) is 0 Å². The molecule has 0 aromatic heterocycles. The molecule has 1 aromatic rings. The maximum atomic E-state index is 10.9. The molecule has 17 heavy (non-hydrogen) atoms. The van der Waals surface area contributed by atoms with Crippen molar-refractivity contribution in [3.05, 3.63) is 17.7 Å². The highest BCUT2D eigenvalue weighted by Gasteiger charge is 2.20. The van der Waals surface area contributed by atoms with Crippen molar-refractivity contribution >= 4 is 6.29 Å². The van der Waals surface area contributed by atoms with Gasteiger partial charge >= 0.3 is 0 Å². The van der Waals surface area contributed by atoms with Gasteiger partial charge in [0, 0.05) is 6.07 Å². The van der Waals surface area contributed by atoms with Gasteiger partial charge < -0.3 is 19.3 Å². The Balaban J connectivity index is 2.24. The first-order valence-corrected chi connectivity index (χ1v) is 5.23. The number of hydrogen-bond donors (Lipinski definition) is 1. The number of aldehydes is 1. The summed E-state index contributed by atoms with van der Waals surface area (Å²) in [5.74, 6) is 1.45. The molecule has 1 aliphatic rings. The molecule has 5 heteroatoms. The zero-order chi connectivity index (χ0) is 12.5. The number of carbonyl (C=O) groups excluding carboxylic acids is 1. The number of fused-ring (bicyclic) bond motifs is 1. The molecular formula is C12H14O5. The van der Waals surface area contributed by atoms with Gasteiger partial charge in [0.15, 0.2) is 17.8 Å². The van der Waals surface area contributed by atoms with Gasteiger partial charge in [-0.2, -0.15) is 0 Å². The van der Waals surface area contributed by atoms with E-state index >= 15 is 0 Å². The first-order valence-electron chi connectivity index (χ1n) is 5.23. The van der Waals surface area contributed by atoms with Crippen LogP contribution in [0.2, 0.25) is 0 Å². The molecule has 0 amide bonds. The van der Waals surface area contributed by atoms with Crippen molar-refractivity contribution in [2.24, 2.45) is 0 Å². The second-order valence-electron chi connectivity index (χ2n) is 4.46. The van der Waals surface area contributed by atoms with Crippen LogP contribution in [-0.2, 0) is 0 Å².